The van der Waals surface area contributed by atoms with Gasteiger partial charge >= 0.3 is 6.03 Å². The van der Waals surface area contributed by atoms with Crippen LogP contribution in [-0.2, 0) is 4.74 Å². The van der Waals surface area contributed by atoms with Gasteiger partial charge in [0.1, 0.15) is 0 Å². The number of amides is 2. The third-order valence-corrected chi connectivity index (χ3v) is 2.42. The van der Waals surface area contributed by atoms with Crippen molar-refractivity contribution in [1.29, 1.82) is 0 Å². The molecule has 1 aliphatic carbocycles. The Morgan fingerprint density at radius 2 is 2.36 bits per heavy atom. The summed E-state index contributed by atoms with van der Waals surface area (Å²) in [7, 11) is 0. The zero-order chi connectivity index (χ0) is 9.80. The number of ether oxygens (including phenoxy) is 1. The van der Waals surface area contributed by atoms with Gasteiger partial charge in [-0.2, -0.15) is 0 Å². The third kappa shape index (κ3) is 3.16. The lowest BCUT2D eigenvalue weighted by molar-refractivity contribution is 0.0774. The minimum atomic E-state index is -0.0557. The molecule has 80 valence electrons. The molecule has 0 bridgehead atoms. The summed E-state index contributed by atoms with van der Waals surface area (Å²) in [4.78, 5) is 11.2. The highest BCUT2D eigenvalue weighted by molar-refractivity contribution is 5.74. The number of rotatable bonds is 3. The summed E-state index contributed by atoms with van der Waals surface area (Å²) in [5.41, 5.74) is 0. The maximum Gasteiger partial charge on any atom is 0.315 e. The van der Waals surface area contributed by atoms with Gasteiger partial charge in [-0.05, 0) is 12.8 Å². The zero-order valence-corrected chi connectivity index (χ0v) is 8.21. The first-order valence-corrected chi connectivity index (χ1v) is 5.20. The van der Waals surface area contributed by atoms with Crippen LogP contribution in [0.4, 0.5) is 4.79 Å². The van der Waals surface area contributed by atoms with Gasteiger partial charge in [0.15, 0.2) is 0 Å². The van der Waals surface area contributed by atoms with Gasteiger partial charge < -0.3 is 20.7 Å². The number of nitrogens with one attached hydrogen (secondary N) is 3. The lowest BCUT2D eigenvalue weighted by Crippen LogP contribution is -2.50. The van der Waals surface area contributed by atoms with Crippen LogP contribution in [0.15, 0.2) is 0 Å². The second-order valence-electron chi connectivity index (χ2n) is 3.85. The molecule has 1 aliphatic heterocycles. The summed E-state index contributed by atoms with van der Waals surface area (Å²) >= 11 is 0. The summed E-state index contributed by atoms with van der Waals surface area (Å²) in [6.07, 6.45) is 2.25. The smallest absolute Gasteiger partial charge is 0.315 e. The molecule has 1 atom stereocenters. The second kappa shape index (κ2) is 4.61. The fraction of sp³-hybridized carbons (Fsp3) is 0.889. The SMILES string of the molecule is O=C(NCC1COCCN1)NC1CC1. The molecule has 0 radical (unpaired) electrons. The first kappa shape index (κ1) is 9.73. The van der Waals surface area contributed by atoms with Gasteiger partial charge in [0, 0.05) is 25.2 Å². The number of urea groups is 1. The van der Waals surface area contributed by atoms with Crippen LogP contribution in [0.5, 0.6) is 0 Å². The Morgan fingerprint density at radius 3 is 3.00 bits per heavy atom. The van der Waals surface area contributed by atoms with Crippen LogP contribution in [0, 0.1) is 0 Å². The quantitative estimate of drug-likeness (QED) is 0.571. The van der Waals surface area contributed by atoms with E-state index in [1.165, 1.54) is 0 Å². The highest BCUT2D eigenvalue weighted by atomic mass is 16.5. The molecule has 2 amide bonds. The first-order chi connectivity index (χ1) is 6.84. The van der Waals surface area contributed by atoms with E-state index in [4.69, 9.17) is 4.74 Å². The van der Waals surface area contributed by atoms with Gasteiger partial charge in [-0.3, -0.25) is 0 Å². The van der Waals surface area contributed by atoms with Crippen LogP contribution in [0.3, 0.4) is 0 Å². The van der Waals surface area contributed by atoms with E-state index < -0.39 is 0 Å². The van der Waals surface area contributed by atoms with E-state index in [-0.39, 0.29) is 12.1 Å². The number of morpholine rings is 1. The molecule has 1 saturated heterocycles. The molecule has 2 rings (SSSR count). The van der Waals surface area contributed by atoms with E-state index in [1.54, 1.807) is 0 Å². The van der Waals surface area contributed by atoms with Crippen LogP contribution >= 0.6 is 0 Å². The molecule has 0 aromatic carbocycles. The monoisotopic (exact) mass is 199 g/mol. The molecule has 1 unspecified atom stereocenters. The van der Waals surface area contributed by atoms with E-state index >= 15 is 0 Å². The van der Waals surface area contributed by atoms with Crippen LogP contribution < -0.4 is 16.0 Å². The zero-order valence-electron chi connectivity index (χ0n) is 8.21. The van der Waals surface area contributed by atoms with E-state index in [1.807, 2.05) is 0 Å². The molecule has 1 heterocycles. The molecular weight excluding hydrogens is 182 g/mol. The summed E-state index contributed by atoms with van der Waals surface area (Å²) in [5.74, 6) is 0. The molecule has 1 saturated carbocycles. The van der Waals surface area contributed by atoms with Crippen LogP contribution in [0.25, 0.3) is 0 Å². The Bertz CT molecular complexity index is 200. The molecule has 2 aliphatic rings. The average molecular weight is 199 g/mol. The van der Waals surface area contributed by atoms with Crippen molar-refractivity contribution in [3.63, 3.8) is 0 Å². The summed E-state index contributed by atoms with van der Waals surface area (Å²) in [6.45, 7) is 2.96. The maximum atomic E-state index is 11.2. The lowest BCUT2D eigenvalue weighted by Gasteiger charge is -2.23. The Kier molecular flexibility index (Phi) is 3.21. The second-order valence-corrected chi connectivity index (χ2v) is 3.85. The fourth-order valence-electron chi connectivity index (χ4n) is 1.43. The van der Waals surface area contributed by atoms with Crippen LogP contribution in [0.2, 0.25) is 0 Å². The van der Waals surface area contributed by atoms with E-state index in [9.17, 15) is 4.79 Å². The minimum absolute atomic E-state index is 0.0557. The van der Waals surface area contributed by atoms with Crippen molar-refractivity contribution in [3.05, 3.63) is 0 Å². The van der Waals surface area contributed by atoms with Crippen molar-refractivity contribution in [3.8, 4) is 0 Å². The molecule has 2 fully saturated rings. The summed E-state index contributed by atoms with van der Waals surface area (Å²) in [5, 5.41) is 8.98. The predicted molar refractivity (Wildman–Crippen MR) is 52.2 cm³/mol. The Labute approximate surface area is 83.6 Å². The average Bonchev–Trinajstić information content (AvgIpc) is 3.00. The molecular formula is C9H17N3O2. The normalized spacial score (nSPS) is 27.0. The van der Waals surface area contributed by atoms with Gasteiger partial charge in [0.05, 0.1) is 13.2 Å². The molecule has 5 nitrogen and oxygen atoms in total. The Hall–Kier alpha value is -0.810. The summed E-state index contributed by atoms with van der Waals surface area (Å²) < 4.78 is 5.27. The molecule has 0 aromatic rings. The van der Waals surface area contributed by atoms with Crippen LogP contribution in [-0.4, -0.2) is 44.4 Å². The van der Waals surface area contributed by atoms with Gasteiger partial charge in [0.25, 0.3) is 0 Å². The highest BCUT2D eigenvalue weighted by Gasteiger charge is 2.23. The molecule has 0 spiro atoms. The molecule has 14 heavy (non-hydrogen) atoms. The fourth-order valence-corrected chi connectivity index (χ4v) is 1.43. The van der Waals surface area contributed by atoms with Crippen molar-refractivity contribution < 1.29 is 9.53 Å². The minimum Gasteiger partial charge on any atom is -0.378 e. The van der Waals surface area contributed by atoms with Crippen molar-refractivity contribution in [2.75, 3.05) is 26.3 Å². The maximum absolute atomic E-state index is 11.2. The Morgan fingerprint density at radius 1 is 1.50 bits per heavy atom. The van der Waals surface area contributed by atoms with Gasteiger partial charge in [-0.15, -0.1) is 0 Å². The molecule has 5 heteroatoms. The molecule has 0 aromatic heterocycles. The first-order valence-electron chi connectivity index (χ1n) is 5.20. The third-order valence-electron chi connectivity index (χ3n) is 2.42. The predicted octanol–water partition coefficient (Wildman–Crippen LogP) is -0.564. The number of carbonyl (C=O) groups excluding carboxylic acids is 1. The van der Waals surface area contributed by atoms with Gasteiger partial charge in [-0.1, -0.05) is 0 Å². The van der Waals surface area contributed by atoms with E-state index in [2.05, 4.69) is 16.0 Å². The summed E-state index contributed by atoms with van der Waals surface area (Å²) in [6, 6.07) is 0.624. The van der Waals surface area contributed by atoms with Crippen molar-refractivity contribution >= 4 is 6.03 Å². The number of hydrogen-bond acceptors (Lipinski definition) is 3. The van der Waals surface area contributed by atoms with E-state index in [0.717, 1.165) is 26.0 Å². The highest BCUT2D eigenvalue weighted by Crippen LogP contribution is 2.18. The van der Waals surface area contributed by atoms with Gasteiger partial charge in [0.2, 0.25) is 0 Å². The van der Waals surface area contributed by atoms with Crippen molar-refractivity contribution in [2.24, 2.45) is 0 Å². The largest absolute Gasteiger partial charge is 0.378 e. The van der Waals surface area contributed by atoms with E-state index in [0.29, 0.717) is 19.2 Å². The molecule has 3 N–H and O–H groups in total. The van der Waals surface area contributed by atoms with Crippen LogP contribution in [0.1, 0.15) is 12.8 Å². The standard InChI is InChI=1S/C9H17N3O2/c13-9(12-7-1-2-7)11-5-8-6-14-4-3-10-8/h7-8,10H,1-6H2,(H2,11,12,13). The topological polar surface area (TPSA) is 62.4 Å². The van der Waals surface area contributed by atoms with Crippen molar-refractivity contribution in [2.45, 2.75) is 24.9 Å². The number of carbonyl (C=O) groups is 1. The van der Waals surface area contributed by atoms with Gasteiger partial charge in [-0.25, -0.2) is 4.79 Å². The Balaban J connectivity index is 1.57. The number of hydrogen-bond donors (Lipinski definition) is 3. The lowest BCUT2D eigenvalue weighted by atomic mass is 10.3. The van der Waals surface area contributed by atoms with Crippen molar-refractivity contribution in [1.82, 2.24) is 16.0 Å².